The lowest BCUT2D eigenvalue weighted by Gasteiger charge is -2.28. The van der Waals surface area contributed by atoms with E-state index in [1.165, 1.54) is 11.1 Å². The van der Waals surface area contributed by atoms with Gasteiger partial charge in [-0.05, 0) is 72.6 Å². The van der Waals surface area contributed by atoms with Crippen LogP contribution in [0.15, 0.2) is 23.3 Å². The summed E-state index contributed by atoms with van der Waals surface area (Å²) in [7, 11) is -2.54. The van der Waals surface area contributed by atoms with E-state index in [0.717, 1.165) is 36.8 Å². The van der Waals surface area contributed by atoms with Gasteiger partial charge in [0.15, 0.2) is 0 Å². The molecular formula is C22H42O5SSi. The smallest absolute Gasteiger partial charge is 0.461 e. The fraction of sp³-hybridized carbons (Fsp3) is 0.773. The van der Waals surface area contributed by atoms with Crippen molar-refractivity contribution >= 4 is 26.5 Å². The summed E-state index contributed by atoms with van der Waals surface area (Å²) in [5.74, 6) is 1.60. The molecule has 0 bridgehead atoms. The normalized spacial score (nSPS) is 12.1. The fourth-order valence-electron chi connectivity index (χ4n) is 2.69. The minimum absolute atomic E-state index is 0.132. The molecule has 7 heteroatoms. The van der Waals surface area contributed by atoms with Crippen molar-refractivity contribution < 1.29 is 22.8 Å². The molecule has 0 aromatic heterocycles. The number of rotatable bonds is 18. The fourth-order valence-corrected chi connectivity index (χ4v) is 6.42. The largest absolute Gasteiger partial charge is 0.500 e. The Bertz CT molecular complexity index is 473. The average molecular weight is 447 g/mol. The summed E-state index contributed by atoms with van der Waals surface area (Å²) in [6, 6.07) is 0.816. The first-order valence-electron chi connectivity index (χ1n) is 10.8. The van der Waals surface area contributed by atoms with Crippen LogP contribution in [-0.4, -0.2) is 52.7 Å². The Morgan fingerprint density at radius 2 is 1.52 bits per heavy atom. The van der Waals surface area contributed by atoms with E-state index in [9.17, 15) is 4.79 Å². The number of carbonyl (C=O) groups excluding carboxylic acids is 1. The minimum Gasteiger partial charge on any atom is -0.461 e. The molecule has 0 saturated heterocycles. The van der Waals surface area contributed by atoms with Gasteiger partial charge in [0.1, 0.15) is 6.61 Å². The van der Waals surface area contributed by atoms with Gasteiger partial charge in [-0.2, -0.15) is 11.8 Å². The van der Waals surface area contributed by atoms with E-state index in [1.54, 1.807) is 11.8 Å². The molecule has 0 heterocycles. The van der Waals surface area contributed by atoms with E-state index >= 15 is 0 Å². The second kappa shape index (κ2) is 18.2. The van der Waals surface area contributed by atoms with Gasteiger partial charge in [0.2, 0.25) is 0 Å². The van der Waals surface area contributed by atoms with E-state index in [0.29, 0.717) is 32.8 Å². The summed E-state index contributed by atoms with van der Waals surface area (Å²) >= 11 is 1.76. The summed E-state index contributed by atoms with van der Waals surface area (Å²) in [4.78, 5) is 11.8. The number of hydrogen-bond acceptors (Lipinski definition) is 6. The Kier molecular flexibility index (Phi) is 17.8. The van der Waals surface area contributed by atoms with E-state index < -0.39 is 8.80 Å². The Morgan fingerprint density at radius 1 is 0.897 bits per heavy atom. The van der Waals surface area contributed by atoms with Crippen LogP contribution in [0.2, 0.25) is 6.04 Å². The summed E-state index contributed by atoms with van der Waals surface area (Å²) in [6.45, 7) is 14.4. The van der Waals surface area contributed by atoms with Crippen LogP contribution in [0.5, 0.6) is 0 Å². The molecule has 0 aromatic rings. The summed E-state index contributed by atoms with van der Waals surface area (Å²) < 4.78 is 22.9. The van der Waals surface area contributed by atoms with Crippen molar-refractivity contribution in [3.8, 4) is 0 Å². The number of ether oxygens (including phenoxy) is 1. The Balaban J connectivity index is 3.95. The molecule has 0 N–H and O–H groups in total. The molecule has 29 heavy (non-hydrogen) atoms. The third-order valence-corrected chi connectivity index (χ3v) is 8.30. The van der Waals surface area contributed by atoms with Crippen LogP contribution in [-0.2, 0) is 22.8 Å². The second-order valence-electron chi connectivity index (χ2n) is 7.00. The van der Waals surface area contributed by atoms with Gasteiger partial charge in [-0.1, -0.05) is 17.2 Å². The first-order valence-corrected chi connectivity index (χ1v) is 13.9. The number of thioether (sulfide) groups is 1. The number of carbonyl (C=O) groups is 1. The maximum Gasteiger partial charge on any atom is 0.500 e. The predicted octanol–water partition coefficient (Wildman–Crippen LogP) is 5.78. The zero-order valence-corrected chi connectivity index (χ0v) is 21.2. The molecule has 0 atom stereocenters. The van der Waals surface area contributed by atoms with E-state index in [4.69, 9.17) is 18.0 Å². The molecule has 0 rings (SSSR count). The topological polar surface area (TPSA) is 54.0 Å². The van der Waals surface area contributed by atoms with Gasteiger partial charge < -0.3 is 18.0 Å². The van der Waals surface area contributed by atoms with Crippen LogP contribution < -0.4 is 0 Å². The van der Waals surface area contributed by atoms with Gasteiger partial charge in [0, 0.05) is 31.6 Å². The highest BCUT2D eigenvalue weighted by Crippen LogP contribution is 2.20. The number of allylic oxidation sites excluding steroid dienone is 3. The molecule has 0 aromatic carbocycles. The van der Waals surface area contributed by atoms with E-state index in [2.05, 4.69) is 26.8 Å². The monoisotopic (exact) mass is 446 g/mol. The van der Waals surface area contributed by atoms with Gasteiger partial charge in [-0.15, -0.1) is 0 Å². The summed E-state index contributed by atoms with van der Waals surface area (Å²) in [5.41, 5.74) is 2.60. The SMILES string of the molecule is CCO[Si](CCCSCCC(=O)OC/C=C(\C)CCC=C(C)C)(OCC)OCC. The molecule has 0 aliphatic heterocycles. The third-order valence-electron chi connectivity index (χ3n) is 4.08. The van der Waals surface area contributed by atoms with Crippen molar-refractivity contribution in [1.29, 1.82) is 0 Å². The van der Waals surface area contributed by atoms with Crippen LogP contribution in [0, 0.1) is 0 Å². The molecule has 5 nitrogen and oxygen atoms in total. The first-order chi connectivity index (χ1) is 13.9. The van der Waals surface area contributed by atoms with Crippen LogP contribution in [0.4, 0.5) is 0 Å². The van der Waals surface area contributed by atoms with Crippen LogP contribution >= 0.6 is 11.8 Å². The number of esters is 1. The molecule has 0 amide bonds. The highest BCUT2D eigenvalue weighted by atomic mass is 32.2. The molecule has 0 aliphatic carbocycles. The van der Waals surface area contributed by atoms with Crippen molar-refractivity contribution in [2.75, 3.05) is 37.9 Å². The van der Waals surface area contributed by atoms with Crippen molar-refractivity contribution in [2.24, 2.45) is 0 Å². The van der Waals surface area contributed by atoms with Crippen molar-refractivity contribution in [2.45, 2.75) is 73.3 Å². The second-order valence-corrected chi connectivity index (χ2v) is 11.0. The number of hydrogen-bond donors (Lipinski definition) is 0. The van der Waals surface area contributed by atoms with Crippen LogP contribution in [0.1, 0.15) is 67.2 Å². The standard InChI is InChI=1S/C22H42O5SSi/c1-7-25-29(26-8-2,27-9-3)19-11-17-28-18-15-22(23)24-16-14-21(6)13-10-12-20(4)5/h12,14H,7-11,13,15-19H2,1-6H3/b21-14+. The predicted molar refractivity (Wildman–Crippen MR) is 125 cm³/mol. The zero-order chi connectivity index (χ0) is 22.0. The molecule has 0 fully saturated rings. The Hall–Kier alpha value is -0.603. The maximum atomic E-state index is 11.8. The quantitative estimate of drug-likeness (QED) is 0.115. The molecule has 0 radical (unpaired) electrons. The zero-order valence-electron chi connectivity index (χ0n) is 19.4. The van der Waals surface area contributed by atoms with E-state index in [1.807, 2.05) is 26.8 Å². The van der Waals surface area contributed by atoms with Gasteiger partial charge >= 0.3 is 14.8 Å². The van der Waals surface area contributed by atoms with Gasteiger partial charge in [-0.3, -0.25) is 4.79 Å². The molecule has 0 saturated carbocycles. The highest BCUT2D eigenvalue weighted by Gasteiger charge is 2.39. The lowest BCUT2D eigenvalue weighted by Crippen LogP contribution is -2.46. The van der Waals surface area contributed by atoms with E-state index in [-0.39, 0.29) is 5.97 Å². The van der Waals surface area contributed by atoms with Gasteiger partial charge in [0.05, 0.1) is 6.42 Å². The molecule has 0 unspecified atom stereocenters. The van der Waals surface area contributed by atoms with Crippen LogP contribution in [0.25, 0.3) is 0 Å². The summed E-state index contributed by atoms with van der Waals surface area (Å²) in [5, 5.41) is 0. The molecule has 170 valence electrons. The molecule has 0 aliphatic rings. The van der Waals surface area contributed by atoms with Crippen molar-refractivity contribution in [3.05, 3.63) is 23.3 Å². The van der Waals surface area contributed by atoms with Crippen molar-refractivity contribution in [3.63, 3.8) is 0 Å². The first kappa shape index (κ1) is 28.4. The molecule has 0 spiro atoms. The Labute approximate surface area is 184 Å². The molecular weight excluding hydrogens is 404 g/mol. The summed E-state index contributed by atoms with van der Waals surface area (Å²) in [6.07, 6.45) is 7.68. The lowest BCUT2D eigenvalue weighted by molar-refractivity contribution is -0.141. The third kappa shape index (κ3) is 15.8. The van der Waals surface area contributed by atoms with Gasteiger partial charge in [0.25, 0.3) is 0 Å². The van der Waals surface area contributed by atoms with Crippen LogP contribution in [0.3, 0.4) is 0 Å². The van der Waals surface area contributed by atoms with Crippen molar-refractivity contribution in [1.82, 2.24) is 0 Å². The Morgan fingerprint density at radius 3 is 2.07 bits per heavy atom. The highest BCUT2D eigenvalue weighted by molar-refractivity contribution is 7.99. The minimum atomic E-state index is -2.54. The maximum absolute atomic E-state index is 11.8. The average Bonchev–Trinajstić information content (AvgIpc) is 2.65. The lowest BCUT2D eigenvalue weighted by atomic mass is 10.1. The van der Waals surface area contributed by atoms with Gasteiger partial charge in [-0.25, -0.2) is 0 Å².